The SMILES string of the molecule is N#Cc1ccsc1NC(=O)C(N)Cc1ccccc1. The van der Waals surface area contributed by atoms with Gasteiger partial charge in [0, 0.05) is 0 Å². The van der Waals surface area contributed by atoms with Crippen LogP contribution in [0.15, 0.2) is 41.8 Å². The summed E-state index contributed by atoms with van der Waals surface area (Å²) in [5, 5.41) is 13.9. The number of nitriles is 1. The third-order valence-electron chi connectivity index (χ3n) is 2.66. The van der Waals surface area contributed by atoms with Crippen molar-refractivity contribution in [3.05, 3.63) is 52.9 Å². The van der Waals surface area contributed by atoms with Crippen molar-refractivity contribution in [1.82, 2.24) is 0 Å². The summed E-state index contributed by atoms with van der Waals surface area (Å²) in [4.78, 5) is 11.9. The number of benzene rings is 1. The minimum absolute atomic E-state index is 0.275. The highest BCUT2D eigenvalue weighted by molar-refractivity contribution is 7.14. The highest BCUT2D eigenvalue weighted by Crippen LogP contribution is 2.22. The third-order valence-corrected chi connectivity index (χ3v) is 3.49. The lowest BCUT2D eigenvalue weighted by Crippen LogP contribution is -2.37. The molecule has 0 radical (unpaired) electrons. The molecular formula is C14H13N3OS. The summed E-state index contributed by atoms with van der Waals surface area (Å²) in [7, 11) is 0. The molecule has 1 aromatic heterocycles. The van der Waals surface area contributed by atoms with Crippen LogP contribution in [-0.2, 0) is 11.2 Å². The lowest BCUT2D eigenvalue weighted by Gasteiger charge is -2.11. The molecule has 96 valence electrons. The van der Waals surface area contributed by atoms with Crippen LogP contribution in [-0.4, -0.2) is 11.9 Å². The Bertz CT molecular complexity index is 601. The first-order valence-corrected chi connectivity index (χ1v) is 6.66. The van der Waals surface area contributed by atoms with Crippen LogP contribution in [0.2, 0.25) is 0 Å². The molecule has 1 atom stereocenters. The number of hydrogen-bond donors (Lipinski definition) is 2. The number of nitrogens with zero attached hydrogens (tertiary/aromatic N) is 1. The van der Waals surface area contributed by atoms with E-state index in [0.717, 1.165) is 5.56 Å². The maximum Gasteiger partial charge on any atom is 0.242 e. The molecule has 0 fully saturated rings. The molecule has 3 N–H and O–H groups in total. The average molecular weight is 271 g/mol. The van der Waals surface area contributed by atoms with Crippen molar-refractivity contribution in [3.8, 4) is 6.07 Å². The van der Waals surface area contributed by atoms with Gasteiger partial charge in [-0.1, -0.05) is 30.3 Å². The summed E-state index contributed by atoms with van der Waals surface area (Å²) in [5.74, 6) is -0.275. The van der Waals surface area contributed by atoms with Crippen molar-refractivity contribution in [1.29, 1.82) is 5.26 Å². The van der Waals surface area contributed by atoms with Crippen molar-refractivity contribution in [2.45, 2.75) is 12.5 Å². The van der Waals surface area contributed by atoms with Crippen LogP contribution in [0.3, 0.4) is 0 Å². The van der Waals surface area contributed by atoms with E-state index in [0.29, 0.717) is 17.0 Å². The van der Waals surface area contributed by atoms with Gasteiger partial charge in [0.1, 0.15) is 11.1 Å². The van der Waals surface area contributed by atoms with Crippen molar-refractivity contribution in [2.24, 2.45) is 5.73 Å². The molecule has 0 saturated heterocycles. The monoisotopic (exact) mass is 271 g/mol. The van der Waals surface area contributed by atoms with Gasteiger partial charge in [0.15, 0.2) is 0 Å². The Morgan fingerprint density at radius 3 is 2.79 bits per heavy atom. The average Bonchev–Trinajstić information content (AvgIpc) is 2.87. The molecule has 0 spiro atoms. The molecule has 19 heavy (non-hydrogen) atoms. The minimum atomic E-state index is -0.629. The Hall–Kier alpha value is -2.16. The Morgan fingerprint density at radius 2 is 2.11 bits per heavy atom. The van der Waals surface area contributed by atoms with Gasteiger partial charge in [-0.25, -0.2) is 0 Å². The Morgan fingerprint density at radius 1 is 1.37 bits per heavy atom. The number of nitrogens with two attached hydrogens (primary N) is 1. The standard InChI is InChI=1S/C14H13N3OS/c15-9-11-6-7-19-14(11)17-13(18)12(16)8-10-4-2-1-3-5-10/h1-7,12H,8,16H2,(H,17,18). The summed E-state index contributed by atoms with van der Waals surface area (Å²) >= 11 is 1.32. The molecule has 1 unspecified atom stereocenters. The molecule has 0 saturated carbocycles. The van der Waals surface area contributed by atoms with Crippen LogP contribution in [0.4, 0.5) is 5.00 Å². The number of hydrogen-bond acceptors (Lipinski definition) is 4. The molecule has 1 heterocycles. The number of carbonyl (C=O) groups excluding carboxylic acids is 1. The normalized spacial score (nSPS) is 11.6. The zero-order valence-electron chi connectivity index (χ0n) is 10.2. The first-order chi connectivity index (χ1) is 9.20. The number of thiophene rings is 1. The third kappa shape index (κ3) is 3.41. The van der Waals surface area contributed by atoms with Gasteiger partial charge >= 0.3 is 0 Å². The predicted molar refractivity (Wildman–Crippen MR) is 75.8 cm³/mol. The molecule has 0 bridgehead atoms. The van der Waals surface area contributed by atoms with E-state index in [1.54, 1.807) is 11.4 Å². The van der Waals surface area contributed by atoms with E-state index < -0.39 is 6.04 Å². The second kappa shape index (κ2) is 6.14. The van der Waals surface area contributed by atoms with E-state index in [1.165, 1.54) is 11.3 Å². The summed E-state index contributed by atoms with van der Waals surface area (Å²) < 4.78 is 0. The second-order valence-electron chi connectivity index (χ2n) is 4.06. The van der Waals surface area contributed by atoms with Crippen molar-refractivity contribution < 1.29 is 4.79 Å². The second-order valence-corrected chi connectivity index (χ2v) is 4.98. The molecule has 0 aliphatic heterocycles. The zero-order valence-corrected chi connectivity index (χ0v) is 11.0. The zero-order chi connectivity index (χ0) is 13.7. The Kier molecular flexibility index (Phi) is 4.29. The lowest BCUT2D eigenvalue weighted by atomic mass is 10.1. The molecule has 0 aliphatic rings. The van der Waals surface area contributed by atoms with Gasteiger partial charge in [-0.3, -0.25) is 4.79 Å². The van der Waals surface area contributed by atoms with Gasteiger partial charge in [-0.15, -0.1) is 11.3 Å². The number of nitrogens with one attached hydrogen (secondary N) is 1. The molecule has 2 rings (SSSR count). The molecule has 5 heteroatoms. The number of rotatable bonds is 4. The van der Waals surface area contributed by atoms with Crippen LogP contribution >= 0.6 is 11.3 Å². The number of carbonyl (C=O) groups is 1. The van der Waals surface area contributed by atoms with E-state index in [2.05, 4.69) is 5.32 Å². The van der Waals surface area contributed by atoms with Gasteiger partial charge < -0.3 is 11.1 Å². The van der Waals surface area contributed by atoms with Crippen LogP contribution in [0.5, 0.6) is 0 Å². The summed E-state index contributed by atoms with van der Waals surface area (Å²) in [6, 6.07) is 12.7. The van der Waals surface area contributed by atoms with Crippen molar-refractivity contribution in [2.75, 3.05) is 5.32 Å². The smallest absolute Gasteiger partial charge is 0.242 e. The molecule has 1 aromatic carbocycles. The van der Waals surface area contributed by atoms with Crippen LogP contribution in [0.1, 0.15) is 11.1 Å². The van der Waals surface area contributed by atoms with E-state index in [4.69, 9.17) is 11.0 Å². The van der Waals surface area contributed by atoms with E-state index >= 15 is 0 Å². The maximum absolute atomic E-state index is 11.9. The van der Waals surface area contributed by atoms with Gasteiger partial charge in [0.25, 0.3) is 0 Å². The van der Waals surface area contributed by atoms with E-state index in [-0.39, 0.29) is 5.91 Å². The molecular weight excluding hydrogens is 258 g/mol. The highest BCUT2D eigenvalue weighted by atomic mass is 32.1. The first-order valence-electron chi connectivity index (χ1n) is 5.78. The number of anilines is 1. The summed E-state index contributed by atoms with van der Waals surface area (Å²) in [6.45, 7) is 0. The topological polar surface area (TPSA) is 78.9 Å². The Labute approximate surface area is 115 Å². The molecule has 4 nitrogen and oxygen atoms in total. The van der Waals surface area contributed by atoms with Gasteiger partial charge in [-0.2, -0.15) is 5.26 Å². The largest absolute Gasteiger partial charge is 0.320 e. The maximum atomic E-state index is 11.9. The highest BCUT2D eigenvalue weighted by Gasteiger charge is 2.16. The van der Waals surface area contributed by atoms with Crippen LogP contribution in [0.25, 0.3) is 0 Å². The van der Waals surface area contributed by atoms with Gasteiger partial charge in [0.2, 0.25) is 5.91 Å². The van der Waals surface area contributed by atoms with Gasteiger partial charge in [-0.05, 0) is 23.4 Å². The fourth-order valence-corrected chi connectivity index (χ4v) is 2.40. The van der Waals surface area contributed by atoms with E-state index in [1.807, 2.05) is 36.4 Å². The van der Waals surface area contributed by atoms with E-state index in [9.17, 15) is 4.79 Å². The predicted octanol–water partition coefficient (Wildman–Crippen LogP) is 2.13. The Balaban J connectivity index is 1.99. The quantitative estimate of drug-likeness (QED) is 0.894. The van der Waals surface area contributed by atoms with Crippen molar-refractivity contribution in [3.63, 3.8) is 0 Å². The molecule has 2 aromatic rings. The molecule has 1 amide bonds. The number of amides is 1. The van der Waals surface area contributed by atoms with Crippen LogP contribution in [0, 0.1) is 11.3 Å². The fraction of sp³-hybridized carbons (Fsp3) is 0.143. The van der Waals surface area contributed by atoms with Crippen LogP contribution < -0.4 is 11.1 Å². The molecule has 0 aliphatic carbocycles. The fourth-order valence-electron chi connectivity index (χ4n) is 1.66. The summed E-state index contributed by atoms with van der Waals surface area (Å²) in [5.41, 5.74) is 7.34. The van der Waals surface area contributed by atoms with Crippen molar-refractivity contribution >= 4 is 22.2 Å². The summed E-state index contributed by atoms with van der Waals surface area (Å²) in [6.07, 6.45) is 0.472. The lowest BCUT2D eigenvalue weighted by molar-refractivity contribution is -0.117. The van der Waals surface area contributed by atoms with Gasteiger partial charge in [0.05, 0.1) is 11.6 Å². The minimum Gasteiger partial charge on any atom is -0.320 e. The first kappa shape index (κ1) is 13.3.